The molecule has 0 aliphatic carbocycles. The van der Waals surface area contributed by atoms with Gasteiger partial charge in [0, 0.05) is 17.0 Å². The van der Waals surface area contributed by atoms with Crippen molar-refractivity contribution in [2.24, 2.45) is 5.84 Å². The van der Waals surface area contributed by atoms with E-state index in [1.807, 2.05) is 0 Å². The van der Waals surface area contributed by atoms with Crippen molar-refractivity contribution in [1.29, 1.82) is 0 Å². The Morgan fingerprint density at radius 1 is 1.33 bits per heavy atom. The first-order valence-electron chi connectivity index (χ1n) is 4.08. The maximum absolute atomic E-state index is 13.3. The highest BCUT2D eigenvalue weighted by Crippen LogP contribution is 2.27. The van der Waals surface area contributed by atoms with E-state index in [1.54, 1.807) is 5.38 Å². The Kier molecular flexibility index (Phi) is 2.61. The molecular formula is C9H7F2N3S. The molecule has 3 nitrogen and oxygen atoms in total. The van der Waals surface area contributed by atoms with E-state index in [0.29, 0.717) is 10.8 Å². The lowest BCUT2D eigenvalue weighted by molar-refractivity contribution is 0.585. The molecule has 0 saturated heterocycles. The first kappa shape index (κ1) is 10.0. The topological polar surface area (TPSA) is 50.9 Å². The van der Waals surface area contributed by atoms with E-state index in [9.17, 15) is 8.78 Å². The van der Waals surface area contributed by atoms with E-state index >= 15 is 0 Å². The van der Waals surface area contributed by atoms with Crippen molar-refractivity contribution in [1.82, 2.24) is 4.98 Å². The number of hydrogen-bond donors (Lipinski definition) is 2. The highest BCUT2D eigenvalue weighted by molar-refractivity contribution is 7.13. The van der Waals surface area contributed by atoms with Crippen LogP contribution >= 0.6 is 11.3 Å². The van der Waals surface area contributed by atoms with Gasteiger partial charge in [-0.2, -0.15) is 0 Å². The summed E-state index contributed by atoms with van der Waals surface area (Å²) in [5.41, 5.74) is 2.62. The van der Waals surface area contributed by atoms with Crippen molar-refractivity contribution in [2.75, 3.05) is 5.43 Å². The summed E-state index contributed by atoms with van der Waals surface area (Å²) in [4.78, 5) is 4.01. The summed E-state index contributed by atoms with van der Waals surface area (Å²) < 4.78 is 26.0. The molecule has 1 aromatic carbocycles. The number of aromatic nitrogens is 1. The Balaban J connectivity index is 2.44. The number of nitrogens with zero attached hydrogens (tertiary/aromatic N) is 1. The molecule has 0 aliphatic rings. The number of hydrazine groups is 1. The minimum atomic E-state index is -0.632. The quantitative estimate of drug-likeness (QED) is 0.611. The van der Waals surface area contributed by atoms with Crippen molar-refractivity contribution in [3.8, 4) is 10.6 Å². The normalized spacial score (nSPS) is 10.3. The van der Waals surface area contributed by atoms with Gasteiger partial charge in [-0.3, -0.25) is 0 Å². The summed E-state index contributed by atoms with van der Waals surface area (Å²) in [6, 6.07) is 3.37. The zero-order valence-electron chi connectivity index (χ0n) is 7.50. The number of benzene rings is 1. The van der Waals surface area contributed by atoms with Gasteiger partial charge in [-0.1, -0.05) is 0 Å². The minimum absolute atomic E-state index is 0.267. The zero-order valence-corrected chi connectivity index (χ0v) is 8.31. The van der Waals surface area contributed by atoms with Gasteiger partial charge in [0.05, 0.1) is 0 Å². The molecule has 2 rings (SSSR count). The summed E-state index contributed by atoms with van der Waals surface area (Å²) in [6.45, 7) is 0. The van der Waals surface area contributed by atoms with Crippen molar-refractivity contribution in [3.63, 3.8) is 0 Å². The zero-order chi connectivity index (χ0) is 10.8. The van der Waals surface area contributed by atoms with E-state index in [4.69, 9.17) is 5.84 Å². The summed E-state index contributed by atoms with van der Waals surface area (Å²) in [6.07, 6.45) is 0. The van der Waals surface area contributed by atoms with Crippen molar-refractivity contribution in [3.05, 3.63) is 35.2 Å². The van der Waals surface area contributed by atoms with Crippen molar-refractivity contribution in [2.45, 2.75) is 0 Å². The largest absolute Gasteiger partial charge is 0.308 e. The molecule has 0 spiro atoms. The molecule has 0 saturated carbocycles. The third kappa shape index (κ3) is 1.95. The van der Waals surface area contributed by atoms with Crippen LogP contribution in [0, 0.1) is 11.6 Å². The van der Waals surface area contributed by atoms with Crippen LogP contribution in [0.2, 0.25) is 0 Å². The maximum Gasteiger partial charge on any atom is 0.151 e. The Hall–Kier alpha value is -1.53. The van der Waals surface area contributed by atoms with E-state index in [1.165, 1.54) is 23.5 Å². The predicted octanol–water partition coefficient (Wildman–Crippen LogP) is 2.37. The Bertz CT molecular complexity index is 484. The van der Waals surface area contributed by atoms with Crippen LogP contribution in [-0.2, 0) is 0 Å². The molecule has 1 aromatic heterocycles. The Morgan fingerprint density at radius 3 is 2.73 bits per heavy atom. The summed E-state index contributed by atoms with van der Waals surface area (Å²) >= 11 is 1.23. The lowest BCUT2D eigenvalue weighted by Gasteiger charge is -1.98. The lowest BCUT2D eigenvalue weighted by Crippen LogP contribution is -2.06. The second kappa shape index (κ2) is 3.92. The van der Waals surface area contributed by atoms with Crippen LogP contribution in [0.25, 0.3) is 10.6 Å². The van der Waals surface area contributed by atoms with Gasteiger partial charge < -0.3 is 5.43 Å². The highest BCUT2D eigenvalue weighted by atomic mass is 32.1. The van der Waals surface area contributed by atoms with Gasteiger partial charge in [-0.15, -0.1) is 11.3 Å². The molecule has 2 aromatic rings. The first-order chi connectivity index (χ1) is 7.20. The van der Waals surface area contributed by atoms with Crippen molar-refractivity contribution >= 4 is 17.2 Å². The number of hydrogen-bond acceptors (Lipinski definition) is 4. The van der Waals surface area contributed by atoms with Gasteiger partial charge >= 0.3 is 0 Å². The SMILES string of the molecule is NNc1csc(-c2ccc(F)cc2F)n1. The van der Waals surface area contributed by atoms with E-state index in [0.717, 1.165) is 6.07 Å². The lowest BCUT2D eigenvalue weighted by atomic mass is 10.2. The van der Waals surface area contributed by atoms with E-state index in [2.05, 4.69) is 10.4 Å². The molecule has 0 amide bonds. The minimum Gasteiger partial charge on any atom is -0.308 e. The van der Waals surface area contributed by atoms with Gasteiger partial charge in [0.2, 0.25) is 0 Å². The third-order valence-corrected chi connectivity index (χ3v) is 2.69. The number of nitrogen functional groups attached to an aromatic ring is 1. The molecule has 0 fully saturated rings. The molecule has 0 atom stereocenters. The third-order valence-electron chi connectivity index (χ3n) is 1.81. The molecule has 0 radical (unpaired) electrons. The number of anilines is 1. The standard InChI is InChI=1S/C9H7F2N3S/c10-5-1-2-6(7(11)3-5)9-13-8(14-12)4-15-9/h1-4,14H,12H2. The molecule has 78 valence electrons. The van der Waals surface area contributed by atoms with Gasteiger partial charge in [0.25, 0.3) is 0 Å². The Labute approximate surface area is 88.5 Å². The fourth-order valence-electron chi connectivity index (χ4n) is 1.13. The highest BCUT2D eigenvalue weighted by Gasteiger charge is 2.09. The first-order valence-corrected chi connectivity index (χ1v) is 4.96. The van der Waals surface area contributed by atoms with Gasteiger partial charge in [-0.25, -0.2) is 19.6 Å². The molecule has 1 heterocycles. The summed E-state index contributed by atoms with van der Waals surface area (Å²) in [5.74, 6) is 4.36. The molecule has 0 bridgehead atoms. The molecule has 0 unspecified atom stereocenters. The molecule has 6 heteroatoms. The summed E-state index contributed by atoms with van der Waals surface area (Å²) in [5, 5.41) is 2.11. The number of rotatable bonds is 2. The van der Waals surface area contributed by atoms with Gasteiger partial charge in [0.15, 0.2) is 5.82 Å². The Morgan fingerprint density at radius 2 is 2.13 bits per heavy atom. The fraction of sp³-hybridized carbons (Fsp3) is 0. The second-order valence-electron chi connectivity index (χ2n) is 2.81. The van der Waals surface area contributed by atoms with Crippen LogP contribution < -0.4 is 11.3 Å². The van der Waals surface area contributed by atoms with E-state index < -0.39 is 11.6 Å². The summed E-state index contributed by atoms with van der Waals surface area (Å²) in [7, 11) is 0. The number of nitrogens with one attached hydrogen (secondary N) is 1. The second-order valence-corrected chi connectivity index (χ2v) is 3.66. The average molecular weight is 227 g/mol. The number of halogens is 2. The van der Waals surface area contributed by atoms with Crippen LogP contribution in [0.15, 0.2) is 23.6 Å². The van der Waals surface area contributed by atoms with Crippen molar-refractivity contribution < 1.29 is 8.78 Å². The van der Waals surface area contributed by atoms with Crippen LogP contribution in [-0.4, -0.2) is 4.98 Å². The fourth-order valence-corrected chi connectivity index (χ4v) is 1.91. The molecule has 15 heavy (non-hydrogen) atoms. The number of thiazole rings is 1. The average Bonchev–Trinajstić information content (AvgIpc) is 2.66. The van der Waals surface area contributed by atoms with Crippen LogP contribution in [0.4, 0.5) is 14.6 Å². The smallest absolute Gasteiger partial charge is 0.151 e. The van der Waals surface area contributed by atoms with Gasteiger partial charge in [-0.05, 0) is 12.1 Å². The molecular weight excluding hydrogens is 220 g/mol. The molecule has 3 N–H and O–H groups in total. The predicted molar refractivity (Wildman–Crippen MR) is 55.3 cm³/mol. The van der Waals surface area contributed by atoms with Crippen LogP contribution in [0.3, 0.4) is 0 Å². The number of nitrogens with two attached hydrogens (primary N) is 1. The van der Waals surface area contributed by atoms with Gasteiger partial charge in [0.1, 0.15) is 16.6 Å². The monoisotopic (exact) mass is 227 g/mol. The van der Waals surface area contributed by atoms with E-state index in [-0.39, 0.29) is 5.56 Å². The van der Waals surface area contributed by atoms with Crippen LogP contribution in [0.5, 0.6) is 0 Å². The van der Waals surface area contributed by atoms with Crippen LogP contribution in [0.1, 0.15) is 0 Å². The molecule has 0 aliphatic heterocycles. The maximum atomic E-state index is 13.3.